The van der Waals surface area contributed by atoms with Crippen LogP contribution in [-0.2, 0) is 7.05 Å². The number of hydrogen-bond donors (Lipinski definition) is 1. The van der Waals surface area contributed by atoms with E-state index in [9.17, 15) is 9.59 Å². The van der Waals surface area contributed by atoms with Crippen molar-refractivity contribution >= 4 is 5.91 Å². The lowest BCUT2D eigenvalue weighted by molar-refractivity contribution is 0.0948. The molecular formula is C16H26N4O2. The van der Waals surface area contributed by atoms with Gasteiger partial charge in [-0.25, -0.2) is 0 Å². The summed E-state index contributed by atoms with van der Waals surface area (Å²) in [5.41, 5.74) is 0.265. The van der Waals surface area contributed by atoms with E-state index in [1.165, 1.54) is 10.6 Å². The van der Waals surface area contributed by atoms with Gasteiger partial charge in [0.25, 0.3) is 11.5 Å². The topological polar surface area (TPSA) is 57.6 Å². The molecule has 0 aliphatic carbocycles. The number of amides is 1. The molecule has 1 aliphatic heterocycles. The van der Waals surface area contributed by atoms with Crippen LogP contribution < -0.4 is 10.9 Å². The fraction of sp³-hybridized carbons (Fsp3) is 0.625. The Bertz CT molecular complexity index is 547. The zero-order chi connectivity index (χ0) is 15.9. The van der Waals surface area contributed by atoms with Crippen LogP contribution >= 0.6 is 0 Å². The molecule has 1 aliphatic rings. The molecule has 1 N–H and O–H groups in total. The third-order valence-electron chi connectivity index (χ3n) is 4.22. The third kappa shape index (κ3) is 4.68. The van der Waals surface area contributed by atoms with Gasteiger partial charge in [0.1, 0.15) is 0 Å². The molecule has 0 unspecified atom stereocenters. The summed E-state index contributed by atoms with van der Waals surface area (Å²) in [4.78, 5) is 28.4. The highest BCUT2D eigenvalue weighted by atomic mass is 16.2. The van der Waals surface area contributed by atoms with E-state index in [4.69, 9.17) is 0 Å². The molecule has 2 heterocycles. The van der Waals surface area contributed by atoms with Crippen LogP contribution in [0.3, 0.4) is 0 Å². The summed E-state index contributed by atoms with van der Waals surface area (Å²) in [5, 5.41) is 2.88. The highest BCUT2D eigenvalue weighted by Gasteiger charge is 2.14. The van der Waals surface area contributed by atoms with Crippen molar-refractivity contribution in [3.63, 3.8) is 0 Å². The number of likely N-dealkylation sites (N-methyl/N-ethyl adjacent to an activating group) is 1. The summed E-state index contributed by atoms with van der Waals surface area (Å²) in [7, 11) is 1.67. The van der Waals surface area contributed by atoms with Crippen LogP contribution in [0.15, 0.2) is 23.1 Å². The quantitative estimate of drug-likeness (QED) is 0.760. The number of pyridine rings is 1. The standard InChI is InChI=1S/C16H26N4O2/c1-3-19-9-11-20(12-10-19)7-4-6-17-16(22)14-5-8-18(2)15(21)13-14/h5,8,13H,3-4,6-7,9-12H2,1-2H3,(H,17,22). The fourth-order valence-corrected chi connectivity index (χ4v) is 2.63. The predicted octanol–water partition coefficient (Wildman–Crippen LogP) is 0.143. The van der Waals surface area contributed by atoms with Gasteiger partial charge < -0.3 is 19.7 Å². The van der Waals surface area contributed by atoms with Crippen LogP contribution in [0.5, 0.6) is 0 Å². The average Bonchev–Trinajstić information content (AvgIpc) is 2.54. The Morgan fingerprint density at radius 1 is 1.23 bits per heavy atom. The smallest absolute Gasteiger partial charge is 0.251 e. The van der Waals surface area contributed by atoms with E-state index >= 15 is 0 Å². The molecule has 0 spiro atoms. The van der Waals surface area contributed by atoms with Gasteiger partial charge in [0.2, 0.25) is 0 Å². The number of rotatable bonds is 6. The van der Waals surface area contributed by atoms with Gasteiger partial charge in [0.05, 0.1) is 0 Å². The number of aryl methyl sites for hydroxylation is 1. The van der Waals surface area contributed by atoms with Crippen LogP contribution in [0.4, 0.5) is 0 Å². The van der Waals surface area contributed by atoms with Crippen LogP contribution in [0, 0.1) is 0 Å². The number of piperazine rings is 1. The lowest BCUT2D eigenvalue weighted by atomic mass is 10.2. The van der Waals surface area contributed by atoms with Gasteiger partial charge >= 0.3 is 0 Å². The molecule has 1 aromatic rings. The van der Waals surface area contributed by atoms with Gasteiger partial charge in [-0.1, -0.05) is 6.92 Å². The first-order chi connectivity index (χ1) is 10.6. The summed E-state index contributed by atoms with van der Waals surface area (Å²) in [6.07, 6.45) is 2.55. The maximum absolute atomic E-state index is 12.0. The Balaban J connectivity index is 1.67. The number of carbonyl (C=O) groups excluding carboxylic acids is 1. The average molecular weight is 306 g/mol. The van der Waals surface area contributed by atoms with Crippen molar-refractivity contribution in [3.8, 4) is 0 Å². The molecule has 22 heavy (non-hydrogen) atoms. The minimum Gasteiger partial charge on any atom is -0.352 e. The molecular weight excluding hydrogens is 280 g/mol. The highest BCUT2D eigenvalue weighted by molar-refractivity contribution is 5.93. The first-order valence-corrected chi connectivity index (χ1v) is 7.99. The van der Waals surface area contributed by atoms with Crippen molar-refractivity contribution < 1.29 is 4.79 Å². The largest absolute Gasteiger partial charge is 0.352 e. The molecule has 0 atom stereocenters. The fourth-order valence-electron chi connectivity index (χ4n) is 2.63. The first-order valence-electron chi connectivity index (χ1n) is 7.99. The van der Waals surface area contributed by atoms with E-state index in [2.05, 4.69) is 22.0 Å². The zero-order valence-corrected chi connectivity index (χ0v) is 13.5. The molecule has 1 fully saturated rings. The number of nitrogens with zero attached hydrogens (tertiary/aromatic N) is 3. The number of carbonyl (C=O) groups is 1. The van der Waals surface area contributed by atoms with Crippen molar-refractivity contribution in [1.29, 1.82) is 0 Å². The van der Waals surface area contributed by atoms with Crippen molar-refractivity contribution in [1.82, 2.24) is 19.7 Å². The van der Waals surface area contributed by atoms with Crippen molar-refractivity contribution in [3.05, 3.63) is 34.2 Å². The van der Waals surface area contributed by atoms with Crippen LogP contribution in [-0.4, -0.2) is 66.1 Å². The van der Waals surface area contributed by atoms with Gasteiger partial charge in [0, 0.05) is 57.6 Å². The molecule has 0 saturated carbocycles. The maximum atomic E-state index is 12.0. The lowest BCUT2D eigenvalue weighted by Gasteiger charge is -2.33. The number of nitrogens with one attached hydrogen (secondary N) is 1. The Labute approximate surface area is 131 Å². The molecule has 0 radical (unpaired) electrons. The van der Waals surface area contributed by atoms with E-state index in [1.807, 2.05) is 0 Å². The van der Waals surface area contributed by atoms with E-state index in [0.29, 0.717) is 12.1 Å². The monoisotopic (exact) mass is 306 g/mol. The normalized spacial score (nSPS) is 16.6. The minimum atomic E-state index is -0.173. The summed E-state index contributed by atoms with van der Waals surface area (Å²) >= 11 is 0. The Hall–Kier alpha value is -1.66. The Morgan fingerprint density at radius 2 is 1.91 bits per heavy atom. The number of hydrogen-bond acceptors (Lipinski definition) is 4. The van der Waals surface area contributed by atoms with Gasteiger partial charge in [-0.15, -0.1) is 0 Å². The molecule has 1 aromatic heterocycles. The second kappa shape index (κ2) is 8.10. The second-order valence-electron chi connectivity index (χ2n) is 5.75. The Morgan fingerprint density at radius 3 is 2.55 bits per heavy atom. The molecule has 1 amide bonds. The van der Waals surface area contributed by atoms with Crippen LogP contribution in [0.2, 0.25) is 0 Å². The third-order valence-corrected chi connectivity index (χ3v) is 4.22. The summed E-state index contributed by atoms with van der Waals surface area (Å²) in [6, 6.07) is 3.04. The van der Waals surface area contributed by atoms with E-state index in [1.54, 1.807) is 19.3 Å². The molecule has 122 valence electrons. The Kier molecular flexibility index (Phi) is 6.15. The first kappa shape index (κ1) is 16.7. The molecule has 0 aromatic carbocycles. The van der Waals surface area contributed by atoms with Crippen molar-refractivity contribution in [2.45, 2.75) is 13.3 Å². The zero-order valence-electron chi connectivity index (χ0n) is 13.5. The lowest BCUT2D eigenvalue weighted by Crippen LogP contribution is -2.46. The molecule has 1 saturated heterocycles. The predicted molar refractivity (Wildman–Crippen MR) is 87.2 cm³/mol. The SMILES string of the molecule is CCN1CCN(CCCNC(=O)c2ccn(C)c(=O)c2)CC1. The minimum absolute atomic E-state index is 0.165. The van der Waals surface area contributed by atoms with Crippen molar-refractivity contribution in [2.24, 2.45) is 7.05 Å². The summed E-state index contributed by atoms with van der Waals surface area (Å²) in [6.45, 7) is 9.46. The number of aromatic nitrogens is 1. The van der Waals surface area contributed by atoms with Gasteiger partial charge in [0.15, 0.2) is 0 Å². The van der Waals surface area contributed by atoms with Crippen LogP contribution in [0.25, 0.3) is 0 Å². The van der Waals surface area contributed by atoms with Gasteiger partial charge in [-0.3, -0.25) is 9.59 Å². The van der Waals surface area contributed by atoms with E-state index in [0.717, 1.165) is 45.7 Å². The highest BCUT2D eigenvalue weighted by Crippen LogP contribution is 2.01. The van der Waals surface area contributed by atoms with Crippen molar-refractivity contribution in [2.75, 3.05) is 45.8 Å². The van der Waals surface area contributed by atoms with Gasteiger partial charge in [-0.05, 0) is 25.6 Å². The summed E-state index contributed by atoms with van der Waals surface area (Å²) in [5.74, 6) is -0.173. The summed E-state index contributed by atoms with van der Waals surface area (Å²) < 4.78 is 1.45. The molecule has 6 heteroatoms. The molecule has 2 rings (SSSR count). The molecule has 6 nitrogen and oxygen atoms in total. The van der Waals surface area contributed by atoms with E-state index < -0.39 is 0 Å². The maximum Gasteiger partial charge on any atom is 0.251 e. The van der Waals surface area contributed by atoms with Gasteiger partial charge in [-0.2, -0.15) is 0 Å². The van der Waals surface area contributed by atoms with E-state index in [-0.39, 0.29) is 11.5 Å². The van der Waals surface area contributed by atoms with Crippen LogP contribution in [0.1, 0.15) is 23.7 Å². The molecule has 0 bridgehead atoms. The second-order valence-corrected chi connectivity index (χ2v) is 5.75.